The highest BCUT2D eigenvalue weighted by Gasteiger charge is 2.24. The first-order valence-electron chi connectivity index (χ1n) is 7.16. The molecule has 1 N–H and O–H groups in total. The van der Waals surface area contributed by atoms with Crippen LogP contribution in [-0.2, 0) is 0 Å². The minimum absolute atomic E-state index is 0.731. The fourth-order valence-electron chi connectivity index (χ4n) is 2.67. The van der Waals surface area contributed by atoms with Crippen molar-refractivity contribution in [3.8, 4) is 0 Å². The van der Waals surface area contributed by atoms with Crippen molar-refractivity contribution in [3.63, 3.8) is 0 Å². The third kappa shape index (κ3) is 4.06. The highest BCUT2D eigenvalue weighted by atomic mass is 15.2. The summed E-state index contributed by atoms with van der Waals surface area (Å²) >= 11 is 0. The zero-order chi connectivity index (χ0) is 12.0. The molecule has 1 aliphatic rings. The smallest absolute Gasteiger partial charge is 0.0221 e. The van der Waals surface area contributed by atoms with Gasteiger partial charge in [0.2, 0.25) is 0 Å². The minimum atomic E-state index is 0.731. The maximum atomic E-state index is 3.64. The second-order valence-corrected chi connectivity index (χ2v) is 5.36. The molecule has 0 aromatic rings. The van der Waals surface area contributed by atoms with E-state index in [0.29, 0.717) is 0 Å². The van der Waals surface area contributed by atoms with Gasteiger partial charge in [-0.1, -0.05) is 40.5 Å². The molecule has 1 saturated heterocycles. The lowest BCUT2D eigenvalue weighted by Crippen LogP contribution is -2.41. The summed E-state index contributed by atoms with van der Waals surface area (Å²) in [6.45, 7) is 14.3. The fourth-order valence-corrected chi connectivity index (χ4v) is 2.67. The van der Waals surface area contributed by atoms with E-state index in [1.54, 1.807) is 0 Å². The topological polar surface area (TPSA) is 15.3 Å². The van der Waals surface area contributed by atoms with Crippen LogP contribution in [0.5, 0.6) is 0 Å². The molecule has 0 aromatic carbocycles. The minimum Gasteiger partial charge on any atom is -0.312 e. The number of hydrogen-bond acceptors (Lipinski definition) is 2. The summed E-state index contributed by atoms with van der Waals surface area (Å²) in [6, 6.07) is 0.731. The van der Waals surface area contributed by atoms with E-state index >= 15 is 0 Å². The van der Waals surface area contributed by atoms with Gasteiger partial charge in [0.05, 0.1) is 0 Å². The summed E-state index contributed by atoms with van der Waals surface area (Å²) in [7, 11) is 0. The van der Waals surface area contributed by atoms with Crippen molar-refractivity contribution in [1.29, 1.82) is 0 Å². The van der Waals surface area contributed by atoms with Crippen molar-refractivity contribution in [2.45, 2.75) is 53.0 Å². The Morgan fingerprint density at radius 3 is 2.38 bits per heavy atom. The van der Waals surface area contributed by atoms with E-state index in [2.05, 4.69) is 37.9 Å². The van der Waals surface area contributed by atoms with Crippen molar-refractivity contribution < 1.29 is 0 Å². The molecule has 0 bridgehead atoms. The summed E-state index contributed by atoms with van der Waals surface area (Å²) in [5.74, 6) is 1.74. The molecule has 2 nitrogen and oxygen atoms in total. The standard InChI is InChI=1S/C14H30N2/c1-5-13(6-2)10-16(7-3)11-14-12(4)8-9-15-14/h12-15H,5-11H2,1-4H3. The predicted octanol–water partition coefficient (Wildman–Crippen LogP) is 2.74. The highest BCUT2D eigenvalue weighted by molar-refractivity contribution is 4.83. The van der Waals surface area contributed by atoms with Gasteiger partial charge in [-0.25, -0.2) is 0 Å². The van der Waals surface area contributed by atoms with Crippen LogP contribution in [0.1, 0.15) is 47.0 Å². The molecule has 16 heavy (non-hydrogen) atoms. The lowest BCUT2D eigenvalue weighted by Gasteiger charge is -2.29. The monoisotopic (exact) mass is 226 g/mol. The first-order valence-corrected chi connectivity index (χ1v) is 7.16. The molecule has 2 atom stereocenters. The average molecular weight is 226 g/mol. The molecule has 2 unspecified atom stereocenters. The Morgan fingerprint density at radius 1 is 1.25 bits per heavy atom. The van der Waals surface area contributed by atoms with E-state index in [4.69, 9.17) is 0 Å². The van der Waals surface area contributed by atoms with Crippen molar-refractivity contribution in [2.75, 3.05) is 26.2 Å². The van der Waals surface area contributed by atoms with Crippen LogP contribution in [0.3, 0.4) is 0 Å². The zero-order valence-corrected chi connectivity index (χ0v) is 11.6. The summed E-state index contributed by atoms with van der Waals surface area (Å²) in [5.41, 5.74) is 0. The van der Waals surface area contributed by atoms with Gasteiger partial charge in [0, 0.05) is 19.1 Å². The molecule has 96 valence electrons. The highest BCUT2D eigenvalue weighted by Crippen LogP contribution is 2.17. The van der Waals surface area contributed by atoms with Gasteiger partial charge in [-0.3, -0.25) is 0 Å². The van der Waals surface area contributed by atoms with Crippen LogP contribution in [0.15, 0.2) is 0 Å². The van der Waals surface area contributed by atoms with Crippen LogP contribution in [0.4, 0.5) is 0 Å². The number of nitrogens with one attached hydrogen (secondary N) is 1. The second kappa shape index (κ2) is 7.29. The van der Waals surface area contributed by atoms with E-state index in [0.717, 1.165) is 17.9 Å². The molecule has 0 amide bonds. The Kier molecular flexibility index (Phi) is 6.37. The fraction of sp³-hybridized carbons (Fsp3) is 1.00. The number of nitrogens with zero attached hydrogens (tertiary/aromatic N) is 1. The first-order chi connectivity index (χ1) is 7.71. The van der Waals surface area contributed by atoms with Crippen LogP contribution >= 0.6 is 0 Å². The van der Waals surface area contributed by atoms with Gasteiger partial charge in [-0.15, -0.1) is 0 Å². The van der Waals surface area contributed by atoms with Gasteiger partial charge >= 0.3 is 0 Å². The number of hydrogen-bond donors (Lipinski definition) is 1. The van der Waals surface area contributed by atoms with Gasteiger partial charge < -0.3 is 10.2 Å². The predicted molar refractivity (Wildman–Crippen MR) is 71.8 cm³/mol. The third-order valence-corrected chi connectivity index (χ3v) is 4.27. The molecule has 1 rings (SSSR count). The van der Waals surface area contributed by atoms with Crippen LogP contribution in [0, 0.1) is 11.8 Å². The summed E-state index contributed by atoms with van der Waals surface area (Å²) < 4.78 is 0. The Balaban J connectivity index is 2.35. The molecular formula is C14H30N2. The van der Waals surface area contributed by atoms with Crippen LogP contribution < -0.4 is 5.32 Å². The molecule has 0 aliphatic carbocycles. The van der Waals surface area contributed by atoms with Crippen molar-refractivity contribution in [1.82, 2.24) is 10.2 Å². The molecule has 0 aromatic heterocycles. The van der Waals surface area contributed by atoms with Crippen molar-refractivity contribution in [3.05, 3.63) is 0 Å². The third-order valence-electron chi connectivity index (χ3n) is 4.27. The quantitative estimate of drug-likeness (QED) is 0.718. The molecule has 2 heteroatoms. The van der Waals surface area contributed by atoms with Gasteiger partial charge in [0.1, 0.15) is 0 Å². The molecule has 0 radical (unpaired) electrons. The maximum Gasteiger partial charge on any atom is 0.0221 e. The summed E-state index contributed by atoms with van der Waals surface area (Å²) in [5, 5.41) is 3.64. The lowest BCUT2D eigenvalue weighted by molar-refractivity contribution is 0.205. The van der Waals surface area contributed by atoms with Gasteiger partial charge in [-0.05, 0) is 31.3 Å². The van der Waals surface area contributed by atoms with Crippen LogP contribution in [-0.4, -0.2) is 37.1 Å². The largest absolute Gasteiger partial charge is 0.312 e. The molecule has 0 saturated carbocycles. The summed E-state index contributed by atoms with van der Waals surface area (Å²) in [4.78, 5) is 2.64. The van der Waals surface area contributed by atoms with Crippen LogP contribution in [0.25, 0.3) is 0 Å². The van der Waals surface area contributed by atoms with E-state index in [-0.39, 0.29) is 0 Å². The van der Waals surface area contributed by atoms with Gasteiger partial charge in [-0.2, -0.15) is 0 Å². The Labute approximate surface area is 102 Å². The first kappa shape index (κ1) is 14.0. The Bertz CT molecular complexity index is 178. The molecular weight excluding hydrogens is 196 g/mol. The maximum absolute atomic E-state index is 3.64. The zero-order valence-electron chi connectivity index (χ0n) is 11.6. The van der Waals surface area contributed by atoms with Crippen molar-refractivity contribution in [2.24, 2.45) is 11.8 Å². The van der Waals surface area contributed by atoms with E-state index in [9.17, 15) is 0 Å². The average Bonchev–Trinajstić information content (AvgIpc) is 2.70. The normalized spacial score (nSPS) is 25.9. The van der Waals surface area contributed by atoms with Crippen LogP contribution in [0.2, 0.25) is 0 Å². The van der Waals surface area contributed by atoms with E-state index in [1.807, 2.05) is 0 Å². The Morgan fingerprint density at radius 2 is 1.94 bits per heavy atom. The molecule has 1 aliphatic heterocycles. The van der Waals surface area contributed by atoms with E-state index in [1.165, 1.54) is 45.4 Å². The number of likely N-dealkylation sites (N-methyl/N-ethyl adjacent to an activating group) is 1. The SMILES string of the molecule is CCC(CC)CN(CC)CC1NCCC1C. The lowest BCUT2D eigenvalue weighted by atomic mass is 10.0. The molecule has 1 heterocycles. The van der Waals surface area contributed by atoms with Gasteiger partial charge in [0.25, 0.3) is 0 Å². The van der Waals surface area contributed by atoms with Gasteiger partial charge in [0.15, 0.2) is 0 Å². The second-order valence-electron chi connectivity index (χ2n) is 5.36. The van der Waals surface area contributed by atoms with E-state index < -0.39 is 0 Å². The summed E-state index contributed by atoms with van der Waals surface area (Å²) in [6.07, 6.45) is 3.99. The molecule has 1 fully saturated rings. The molecule has 0 spiro atoms. The van der Waals surface area contributed by atoms with Crippen molar-refractivity contribution >= 4 is 0 Å². The number of rotatable bonds is 7. The Hall–Kier alpha value is -0.0800.